The molecule has 0 saturated carbocycles. The van der Waals surface area contributed by atoms with Gasteiger partial charge in [-0.3, -0.25) is 20.2 Å². The summed E-state index contributed by atoms with van der Waals surface area (Å²) in [5.74, 6) is 0.307. The lowest BCUT2D eigenvalue weighted by Gasteiger charge is -2.00. The van der Waals surface area contributed by atoms with E-state index in [1.165, 1.54) is 23.9 Å². The number of aromatic amines is 1. The molecule has 0 radical (unpaired) electrons. The summed E-state index contributed by atoms with van der Waals surface area (Å²) in [6.07, 6.45) is 0. The lowest BCUT2D eigenvalue weighted by Crippen LogP contribution is -1.95. The third-order valence-electron chi connectivity index (χ3n) is 3.24. The molecule has 1 aromatic heterocycles. The van der Waals surface area contributed by atoms with E-state index in [9.17, 15) is 20.2 Å². The van der Waals surface area contributed by atoms with Crippen LogP contribution in [-0.2, 0) is 5.75 Å². The van der Waals surface area contributed by atoms with Crippen molar-refractivity contribution in [2.24, 2.45) is 0 Å². The molecule has 8 nitrogen and oxygen atoms in total. The van der Waals surface area contributed by atoms with E-state index in [1.54, 1.807) is 0 Å². The minimum atomic E-state index is -0.642. The van der Waals surface area contributed by atoms with Crippen molar-refractivity contribution < 1.29 is 9.85 Å². The minimum absolute atomic E-state index is 0.305. The number of nitro groups is 2. The smallest absolute Gasteiger partial charge is 0.276 e. The molecule has 3 rings (SSSR count). The van der Waals surface area contributed by atoms with Crippen molar-refractivity contribution in [1.29, 1.82) is 0 Å². The van der Waals surface area contributed by atoms with Crippen LogP contribution in [0.15, 0.2) is 44.4 Å². The summed E-state index contributed by atoms with van der Waals surface area (Å²) in [6, 6.07) is 7.37. The van der Waals surface area contributed by atoms with Gasteiger partial charge in [-0.15, -0.1) is 0 Å². The molecule has 1 heterocycles. The summed E-state index contributed by atoms with van der Waals surface area (Å²) in [7, 11) is 0. The van der Waals surface area contributed by atoms with Crippen LogP contribution in [0.5, 0.6) is 0 Å². The Morgan fingerprint density at radius 1 is 1.04 bits per heavy atom. The van der Waals surface area contributed by atoms with Gasteiger partial charge >= 0.3 is 0 Å². The second-order valence-electron chi connectivity index (χ2n) is 4.99. The molecule has 128 valence electrons. The maximum Gasteiger partial charge on any atom is 0.276 e. The summed E-state index contributed by atoms with van der Waals surface area (Å²) < 4.78 is 1.72. The molecule has 0 aliphatic heterocycles. The minimum Gasteiger partial charge on any atom is -0.333 e. The molecule has 0 fully saturated rings. The van der Waals surface area contributed by atoms with Crippen molar-refractivity contribution in [3.05, 3.63) is 65.1 Å². The number of H-pyrrole nitrogens is 1. The fourth-order valence-electron chi connectivity index (χ4n) is 2.19. The molecular formula is C14H8Br2N4O4S. The first-order valence-corrected chi connectivity index (χ1v) is 9.31. The van der Waals surface area contributed by atoms with Gasteiger partial charge in [0.15, 0.2) is 5.16 Å². The lowest BCUT2D eigenvalue weighted by molar-refractivity contribution is -0.394. The number of aromatic nitrogens is 2. The van der Waals surface area contributed by atoms with Gasteiger partial charge in [0.2, 0.25) is 0 Å². The highest BCUT2D eigenvalue weighted by Crippen LogP contribution is 2.31. The Hall–Kier alpha value is -1.98. The molecule has 2 aromatic carbocycles. The molecule has 0 atom stereocenters. The van der Waals surface area contributed by atoms with Crippen LogP contribution in [0.3, 0.4) is 0 Å². The number of halogens is 2. The zero-order valence-corrected chi connectivity index (χ0v) is 16.2. The summed E-state index contributed by atoms with van der Waals surface area (Å²) in [6.45, 7) is 0. The molecule has 0 saturated heterocycles. The summed E-state index contributed by atoms with van der Waals surface area (Å²) in [5, 5.41) is 22.5. The van der Waals surface area contributed by atoms with E-state index in [4.69, 9.17) is 0 Å². The Morgan fingerprint density at radius 3 is 2.28 bits per heavy atom. The first kappa shape index (κ1) is 17.8. The van der Waals surface area contributed by atoms with Gasteiger partial charge in [-0.05, 0) is 33.6 Å². The summed E-state index contributed by atoms with van der Waals surface area (Å²) >= 11 is 8.14. The summed E-state index contributed by atoms with van der Waals surface area (Å²) in [5.41, 5.74) is 1.46. The Bertz CT molecular complexity index is 976. The van der Waals surface area contributed by atoms with E-state index in [1.807, 2.05) is 12.1 Å². The van der Waals surface area contributed by atoms with Gasteiger partial charge < -0.3 is 4.98 Å². The van der Waals surface area contributed by atoms with Gasteiger partial charge in [0.05, 0.1) is 21.4 Å². The van der Waals surface area contributed by atoms with E-state index >= 15 is 0 Å². The van der Waals surface area contributed by atoms with Crippen molar-refractivity contribution >= 4 is 66.0 Å². The van der Waals surface area contributed by atoms with Crippen LogP contribution >= 0.6 is 43.6 Å². The molecule has 0 spiro atoms. The second-order valence-corrected chi connectivity index (χ2v) is 7.72. The predicted octanol–water partition coefficient (Wildman–Crippen LogP) is 5.20. The Kier molecular flexibility index (Phi) is 5.06. The number of rotatable bonds is 5. The van der Waals surface area contributed by atoms with Gasteiger partial charge in [-0.25, -0.2) is 4.98 Å². The molecule has 0 aliphatic rings. The lowest BCUT2D eigenvalue weighted by atomic mass is 10.2. The van der Waals surface area contributed by atoms with Crippen LogP contribution in [-0.4, -0.2) is 19.8 Å². The monoisotopic (exact) mass is 486 g/mol. The van der Waals surface area contributed by atoms with Crippen molar-refractivity contribution in [2.45, 2.75) is 10.9 Å². The number of nitrogens with one attached hydrogen (secondary N) is 1. The summed E-state index contributed by atoms with van der Waals surface area (Å²) in [4.78, 5) is 28.2. The van der Waals surface area contributed by atoms with Gasteiger partial charge in [-0.1, -0.05) is 27.7 Å². The van der Waals surface area contributed by atoms with Gasteiger partial charge in [0.1, 0.15) is 5.52 Å². The SMILES string of the molecule is O=[N+]([O-])c1cc(CSc2nc3c(Br)cc(Br)cc3[nH]2)cc([N+](=O)[O-])c1. The zero-order valence-electron chi connectivity index (χ0n) is 12.2. The van der Waals surface area contributed by atoms with Gasteiger partial charge in [0, 0.05) is 26.8 Å². The average molecular weight is 488 g/mol. The Labute approximate surface area is 161 Å². The molecule has 0 bridgehead atoms. The van der Waals surface area contributed by atoms with Gasteiger partial charge in [-0.2, -0.15) is 0 Å². The number of hydrogen-bond donors (Lipinski definition) is 1. The maximum atomic E-state index is 10.9. The van der Waals surface area contributed by atoms with Crippen molar-refractivity contribution in [3.8, 4) is 0 Å². The predicted molar refractivity (Wildman–Crippen MR) is 101 cm³/mol. The third kappa shape index (κ3) is 3.99. The van der Waals surface area contributed by atoms with Crippen LogP contribution in [0, 0.1) is 20.2 Å². The third-order valence-corrected chi connectivity index (χ3v) is 5.25. The molecular weight excluding hydrogens is 480 g/mol. The molecule has 25 heavy (non-hydrogen) atoms. The molecule has 11 heteroatoms. The molecule has 0 aliphatic carbocycles. The fraction of sp³-hybridized carbons (Fsp3) is 0.0714. The highest BCUT2D eigenvalue weighted by Gasteiger charge is 2.17. The quantitative estimate of drug-likeness (QED) is 0.300. The van der Waals surface area contributed by atoms with Crippen molar-refractivity contribution in [3.63, 3.8) is 0 Å². The number of imidazole rings is 1. The molecule has 0 amide bonds. The van der Waals surface area contributed by atoms with Gasteiger partial charge in [0.25, 0.3) is 11.4 Å². The number of thioether (sulfide) groups is 1. The van der Waals surface area contributed by atoms with E-state index in [0.717, 1.165) is 26.0 Å². The van der Waals surface area contributed by atoms with Crippen molar-refractivity contribution in [2.75, 3.05) is 0 Å². The molecule has 0 unspecified atom stereocenters. The Balaban J connectivity index is 1.87. The van der Waals surface area contributed by atoms with E-state index in [2.05, 4.69) is 41.8 Å². The normalized spacial score (nSPS) is 11.0. The van der Waals surface area contributed by atoms with Crippen LogP contribution in [0.25, 0.3) is 11.0 Å². The first-order valence-electron chi connectivity index (χ1n) is 6.74. The number of benzene rings is 2. The number of hydrogen-bond acceptors (Lipinski definition) is 6. The highest BCUT2D eigenvalue weighted by atomic mass is 79.9. The number of nitrogens with zero attached hydrogens (tertiary/aromatic N) is 3. The maximum absolute atomic E-state index is 10.9. The second kappa shape index (κ2) is 7.10. The highest BCUT2D eigenvalue weighted by molar-refractivity contribution is 9.11. The van der Waals surface area contributed by atoms with Crippen LogP contribution in [0.2, 0.25) is 0 Å². The number of fused-ring (bicyclic) bond motifs is 1. The first-order chi connectivity index (χ1) is 11.8. The van der Waals surface area contributed by atoms with Crippen LogP contribution in [0.4, 0.5) is 11.4 Å². The van der Waals surface area contributed by atoms with E-state index in [0.29, 0.717) is 16.5 Å². The zero-order chi connectivity index (χ0) is 18.1. The van der Waals surface area contributed by atoms with Crippen molar-refractivity contribution in [1.82, 2.24) is 9.97 Å². The number of non-ortho nitro benzene ring substituents is 2. The number of nitro benzene ring substituents is 2. The standard InChI is InChI=1S/C14H8Br2N4O4S/c15-8-3-11(16)13-12(4-8)17-14(18-13)25-6-7-1-9(19(21)22)5-10(2-7)20(23)24/h1-5H,6H2,(H,17,18). The van der Waals surface area contributed by atoms with Crippen LogP contribution < -0.4 is 0 Å². The van der Waals surface area contributed by atoms with E-state index in [-0.39, 0.29) is 11.4 Å². The largest absolute Gasteiger partial charge is 0.333 e. The fourth-order valence-corrected chi connectivity index (χ4v) is 4.31. The molecule has 3 aromatic rings. The Morgan fingerprint density at radius 2 is 1.68 bits per heavy atom. The van der Waals surface area contributed by atoms with Crippen LogP contribution in [0.1, 0.15) is 5.56 Å². The molecule has 1 N–H and O–H groups in total. The average Bonchev–Trinajstić information content (AvgIpc) is 2.95. The topological polar surface area (TPSA) is 115 Å². The van der Waals surface area contributed by atoms with E-state index < -0.39 is 9.85 Å².